The highest BCUT2D eigenvalue weighted by atomic mass is 35.5. The van der Waals surface area contributed by atoms with Crippen LogP contribution in [0.25, 0.3) is 0 Å². The van der Waals surface area contributed by atoms with Crippen molar-refractivity contribution < 1.29 is 5.11 Å². The number of hydrogen-bond donors (Lipinski definition) is 1. The van der Waals surface area contributed by atoms with E-state index in [2.05, 4.69) is 0 Å². The summed E-state index contributed by atoms with van der Waals surface area (Å²) in [6.45, 7) is 1.97. The van der Waals surface area contributed by atoms with Gasteiger partial charge in [-0.25, -0.2) is 0 Å². The Morgan fingerprint density at radius 1 is 1.00 bits per heavy atom. The molecule has 1 atom stereocenters. The van der Waals surface area contributed by atoms with Crippen LogP contribution in [0.15, 0.2) is 58.3 Å². The van der Waals surface area contributed by atoms with Crippen LogP contribution in [0.5, 0.6) is 0 Å². The fourth-order valence-corrected chi connectivity index (χ4v) is 2.57. The Kier molecular flexibility index (Phi) is 4.70. The fourth-order valence-electron chi connectivity index (χ4n) is 1.63. The van der Waals surface area contributed by atoms with Gasteiger partial charge in [-0.1, -0.05) is 42.4 Å². The van der Waals surface area contributed by atoms with Crippen LogP contribution >= 0.6 is 23.4 Å². The van der Waals surface area contributed by atoms with Gasteiger partial charge in [0.15, 0.2) is 0 Å². The van der Waals surface area contributed by atoms with Crippen LogP contribution < -0.4 is 0 Å². The van der Waals surface area contributed by atoms with Crippen molar-refractivity contribution in [2.75, 3.05) is 0 Å². The molecule has 0 aromatic heterocycles. The molecule has 94 valence electrons. The van der Waals surface area contributed by atoms with E-state index in [1.54, 1.807) is 11.8 Å². The molecule has 0 aliphatic rings. The van der Waals surface area contributed by atoms with Gasteiger partial charge in [-0.3, -0.25) is 0 Å². The molecule has 1 nitrogen and oxygen atoms in total. The Bertz CT molecular complexity index is 493. The lowest BCUT2D eigenvalue weighted by Crippen LogP contribution is -1.93. The predicted octanol–water partition coefficient (Wildman–Crippen LogP) is 4.93. The second-order valence-corrected chi connectivity index (χ2v) is 5.63. The molecule has 2 rings (SSSR count). The highest BCUT2D eigenvalue weighted by Gasteiger charge is 2.04. The van der Waals surface area contributed by atoms with Crippen molar-refractivity contribution in [1.82, 2.24) is 0 Å². The topological polar surface area (TPSA) is 20.2 Å². The molecule has 2 aromatic carbocycles. The highest BCUT2D eigenvalue weighted by molar-refractivity contribution is 7.99. The molecule has 0 radical (unpaired) electrons. The van der Waals surface area contributed by atoms with Gasteiger partial charge in [0.05, 0.1) is 6.10 Å². The van der Waals surface area contributed by atoms with Gasteiger partial charge in [0.1, 0.15) is 0 Å². The van der Waals surface area contributed by atoms with Gasteiger partial charge in [-0.05, 0) is 48.4 Å². The van der Waals surface area contributed by atoms with Crippen molar-refractivity contribution in [2.45, 2.75) is 29.2 Å². The van der Waals surface area contributed by atoms with Crippen LogP contribution in [0.2, 0.25) is 5.02 Å². The van der Waals surface area contributed by atoms with E-state index >= 15 is 0 Å². The average Bonchev–Trinajstić information content (AvgIpc) is 2.41. The zero-order chi connectivity index (χ0) is 13.0. The smallest absolute Gasteiger partial charge is 0.0787 e. The minimum atomic E-state index is -0.361. The van der Waals surface area contributed by atoms with Crippen molar-refractivity contribution in [2.24, 2.45) is 0 Å². The largest absolute Gasteiger partial charge is 0.388 e. The molecule has 0 amide bonds. The standard InChI is InChI=1S/C15H15ClOS/c1-2-15(17)11-3-7-13(8-4-11)18-14-9-5-12(16)6-10-14/h3-10,15,17H,2H2,1H3. The summed E-state index contributed by atoms with van der Waals surface area (Å²) in [6.07, 6.45) is 0.378. The maximum atomic E-state index is 9.72. The SMILES string of the molecule is CCC(O)c1ccc(Sc2ccc(Cl)cc2)cc1. The predicted molar refractivity (Wildman–Crippen MR) is 77.3 cm³/mol. The summed E-state index contributed by atoms with van der Waals surface area (Å²) in [5, 5.41) is 10.5. The monoisotopic (exact) mass is 278 g/mol. The van der Waals surface area contributed by atoms with E-state index in [1.165, 1.54) is 0 Å². The van der Waals surface area contributed by atoms with E-state index in [-0.39, 0.29) is 6.10 Å². The average molecular weight is 279 g/mol. The quantitative estimate of drug-likeness (QED) is 0.855. The van der Waals surface area contributed by atoms with E-state index in [4.69, 9.17) is 11.6 Å². The fraction of sp³-hybridized carbons (Fsp3) is 0.200. The molecule has 0 heterocycles. The first-order valence-corrected chi connectivity index (χ1v) is 7.10. The highest BCUT2D eigenvalue weighted by Crippen LogP contribution is 2.29. The maximum Gasteiger partial charge on any atom is 0.0787 e. The molecule has 0 fully saturated rings. The third kappa shape index (κ3) is 3.52. The summed E-state index contributed by atoms with van der Waals surface area (Å²) in [5.74, 6) is 0. The maximum absolute atomic E-state index is 9.72. The minimum Gasteiger partial charge on any atom is -0.388 e. The van der Waals surface area contributed by atoms with Crippen LogP contribution in [0.1, 0.15) is 25.0 Å². The van der Waals surface area contributed by atoms with E-state index in [0.29, 0.717) is 0 Å². The second kappa shape index (κ2) is 6.28. The Morgan fingerprint density at radius 2 is 1.50 bits per heavy atom. The zero-order valence-electron chi connectivity index (χ0n) is 10.1. The molecule has 1 unspecified atom stereocenters. The first-order chi connectivity index (χ1) is 8.69. The Hall–Kier alpha value is -0.960. The van der Waals surface area contributed by atoms with Crippen LogP contribution in [-0.2, 0) is 0 Å². The molecular formula is C15H15ClOS. The van der Waals surface area contributed by atoms with Crippen LogP contribution in [0, 0.1) is 0 Å². The van der Waals surface area contributed by atoms with Crippen molar-refractivity contribution >= 4 is 23.4 Å². The van der Waals surface area contributed by atoms with E-state index in [1.807, 2.05) is 55.5 Å². The second-order valence-electron chi connectivity index (χ2n) is 4.05. The van der Waals surface area contributed by atoms with E-state index < -0.39 is 0 Å². The summed E-state index contributed by atoms with van der Waals surface area (Å²) in [4.78, 5) is 2.31. The van der Waals surface area contributed by atoms with E-state index in [0.717, 1.165) is 26.8 Å². The third-order valence-electron chi connectivity index (χ3n) is 2.70. The normalized spacial score (nSPS) is 12.4. The molecule has 3 heteroatoms. The summed E-state index contributed by atoms with van der Waals surface area (Å²) in [6, 6.07) is 15.8. The summed E-state index contributed by atoms with van der Waals surface area (Å²) < 4.78 is 0. The van der Waals surface area contributed by atoms with E-state index in [9.17, 15) is 5.11 Å². The van der Waals surface area contributed by atoms with Gasteiger partial charge >= 0.3 is 0 Å². The molecule has 1 N–H and O–H groups in total. The minimum absolute atomic E-state index is 0.361. The van der Waals surface area contributed by atoms with Gasteiger partial charge in [0, 0.05) is 14.8 Å². The lowest BCUT2D eigenvalue weighted by atomic mass is 10.1. The number of hydrogen-bond acceptors (Lipinski definition) is 2. The Balaban J connectivity index is 2.08. The van der Waals surface area contributed by atoms with Gasteiger partial charge in [-0.2, -0.15) is 0 Å². The number of aliphatic hydroxyl groups is 1. The summed E-state index contributed by atoms with van der Waals surface area (Å²) in [7, 11) is 0. The number of halogens is 1. The third-order valence-corrected chi connectivity index (χ3v) is 3.97. The summed E-state index contributed by atoms with van der Waals surface area (Å²) >= 11 is 7.53. The van der Waals surface area contributed by atoms with Crippen molar-refractivity contribution in [3.63, 3.8) is 0 Å². The van der Waals surface area contributed by atoms with Crippen molar-refractivity contribution in [3.8, 4) is 0 Å². The molecule has 0 aliphatic heterocycles. The Morgan fingerprint density at radius 3 is 2.00 bits per heavy atom. The van der Waals surface area contributed by atoms with Crippen LogP contribution in [0.4, 0.5) is 0 Å². The van der Waals surface area contributed by atoms with Gasteiger partial charge < -0.3 is 5.11 Å². The van der Waals surface area contributed by atoms with Crippen LogP contribution in [0.3, 0.4) is 0 Å². The number of benzene rings is 2. The number of aliphatic hydroxyl groups excluding tert-OH is 1. The Labute approximate surface area is 117 Å². The van der Waals surface area contributed by atoms with Crippen molar-refractivity contribution in [1.29, 1.82) is 0 Å². The van der Waals surface area contributed by atoms with Crippen LogP contribution in [-0.4, -0.2) is 5.11 Å². The molecule has 0 bridgehead atoms. The molecule has 2 aromatic rings. The van der Waals surface area contributed by atoms with Gasteiger partial charge in [0.25, 0.3) is 0 Å². The first-order valence-electron chi connectivity index (χ1n) is 5.90. The van der Waals surface area contributed by atoms with Gasteiger partial charge in [0.2, 0.25) is 0 Å². The molecule has 0 saturated carbocycles. The summed E-state index contributed by atoms with van der Waals surface area (Å²) in [5.41, 5.74) is 0.970. The van der Waals surface area contributed by atoms with Gasteiger partial charge in [-0.15, -0.1) is 0 Å². The first kappa shape index (κ1) is 13.5. The lowest BCUT2D eigenvalue weighted by molar-refractivity contribution is 0.173. The molecule has 18 heavy (non-hydrogen) atoms. The number of rotatable bonds is 4. The molecule has 0 aliphatic carbocycles. The molecule has 0 saturated heterocycles. The zero-order valence-corrected chi connectivity index (χ0v) is 11.7. The molecule has 0 spiro atoms. The lowest BCUT2D eigenvalue weighted by Gasteiger charge is -2.08. The molecular weight excluding hydrogens is 264 g/mol. The van der Waals surface area contributed by atoms with Crippen molar-refractivity contribution in [3.05, 3.63) is 59.1 Å².